The molecule has 0 aliphatic heterocycles. The van der Waals surface area contributed by atoms with E-state index in [-0.39, 0.29) is 57.0 Å². The van der Waals surface area contributed by atoms with Gasteiger partial charge in [-0.15, -0.1) is 0 Å². The summed E-state index contributed by atoms with van der Waals surface area (Å²) in [7, 11) is -7.91. The fraction of sp³-hybridized carbons (Fsp3) is 1.00. The van der Waals surface area contributed by atoms with Crippen LogP contribution in [-0.4, -0.2) is 82.9 Å². The van der Waals surface area contributed by atoms with Crippen molar-refractivity contribution in [1.29, 1.82) is 0 Å². The maximum atomic E-state index is 10.0. The van der Waals surface area contributed by atoms with Gasteiger partial charge in [0.15, 0.2) is 0 Å². The van der Waals surface area contributed by atoms with Crippen molar-refractivity contribution in [2.75, 3.05) is 11.5 Å². The van der Waals surface area contributed by atoms with Gasteiger partial charge in [-0.05, 0) is 12.8 Å². The molecular formula is C12H26O6S2Sr. The molecule has 0 radical (unpaired) electrons. The summed E-state index contributed by atoms with van der Waals surface area (Å²) in [4.78, 5) is 0. The quantitative estimate of drug-likeness (QED) is 0.304. The molecule has 0 aromatic heterocycles. The van der Waals surface area contributed by atoms with Crippen molar-refractivity contribution in [3.8, 4) is 0 Å². The largest absolute Gasteiger partial charge is 2.00 e. The van der Waals surface area contributed by atoms with Gasteiger partial charge in [0.05, 0.1) is 20.2 Å². The van der Waals surface area contributed by atoms with Crippen LogP contribution in [0.5, 0.6) is 0 Å². The van der Waals surface area contributed by atoms with E-state index in [2.05, 4.69) is 0 Å². The Morgan fingerprint density at radius 3 is 1.10 bits per heavy atom. The van der Waals surface area contributed by atoms with Gasteiger partial charge >= 0.3 is 45.5 Å². The molecule has 0 aromatic rings. The Morgan fingerprint density at radius 1 is 0.619 bits per heavy atom. The second kappa shape index (κ2) is 16.2. The predicted octanol–water partition coefficient (Wildman–Crippen LogP) is 1.84. The summed E-state index contributed by atoms with van der Waals surface area (Å²) in [5.41, 5.74) is 0. The van der Waals surface area contributed by atoms with E-state index in [1.54, 1.807) is 0 Å². The van der Waals surface area contributed by atoms with Crippen molar-refractivity contribution in [2.45, 2.75) is 65.2 Å². The number of rotatable bonds is 10. The Morgan fingerprint density at radius 2 is 0.905 bits per heavy atom. The van der Waals surface area contributed by atoms with Gasteiger partial charge in [0.2, 0.25) is 0 Å². The van der Waals surface area contributed by atoms with E-state index in [0.29, 0.717) is 12.8 Å². The molecule has 0 aliphatic rings. The summed E-state index contributed by atoms with van der Waals surface area (Å²) >= 11 is 0. The molecule has 6 nitrogen and oxygen atoms in total. The van der Waals surface area contributed by atoms with E-state index < -0.39 is 20.2 Å². The predicted molar refractivity (Wildman–Crippen MR) is 83.2 cm³/mol. The van der Waals surface area contributed by atoms with Crippen LogP contribution in [0.15, 0.2) is 0 Å². The van der Waals surface area contributed by atoms with E-state index in [4.69, 9.17) is 0 Å². The van der Waals surface area contributed by atoms with Gasteiger partial charge in [0.1, 0.15) is 0 Å². The first-order chi connectivity index (χ1) is 9.12. The first-order valence-electron chi connectivity index (χ1n) is 6.99. The normalized spacial score (nSPS) is 11.2. The van der Waals surface area contributed by atoms with Gasteiger partial charge in [-0.25, -0.2) is 16.8 Å². The summed E-state index contributed by atoms with van der Waals surface area (Å²) in [6.07, 6.45) is 6.85. The first kappa shape index (κ1) is 27.2. The second-order valence-corrected chi connectivity index (χ2v) is 7.69. The number of hydrogen-bond acceptors (Lipinski definition) is 6. The summed E-state index contributed by atoms with van der Waals surface area (Å²) in [5.74, 6) is -0.403. The molecule has 0 aliphatic carbocycles. The smallest absolute Gasteiger partial charge is 0.748 e. The first-order valence-corrected chi connectivity index (χ1v) is 10.1. The zero-order chi connectivity index (χ0) is 16.1. The minimum absolute atomic E-state index is 0. The van der Waals surface area contributed by atoms with E-state index >= 15 is 0 Å². The topological polar surface area (TPSA) is 114 Å². The van der Waals surface area contributed by atoms with Crippen LogP contribution in [0.3, 0.4) is 0 Å². The average molecular weight is 418 g/mol. The third kappa shape index (κ3) is 33.9. The van der Waals surface area contributed by atoms with Crippen molar-refractivity contribution in [2.24, 2.45) is 0 Å². The van der Waals surface area contributed by atoms with Crippen LogP contribution in [0, 0.1) is 0 Å². The second-order valence-electron chi connectivity index (χ2n) is 4.64. The van der Waals surface area contributed by atoms with Crippen molar-refractivity contribution >= 4 is 65.7 Å². The zero-order valence-corrected chi connectivity index (χ0v) is 18.2. The van der Waals surface area contributed by atoms with Crippen LogP contribution in [0.25, 0.3) is 0 Å². The number of unbranched alkanes of at least 4 members (excludes halogenated alkanes) is 6. The van der Waals surface area contributed by atoms with Crippen molar-refractivity contribution in [3.63, 3.8) is 0 Å². The maximum Gasteiger partial charge on any atom is 2.00 e. The molecule has 0 rings (SSSR count). The van der Waals surface area contributed by atoms with E-state index in [1.807, 2.05) is 13.8 Å². The summed E-state index contributed by atoms with van der Waals surface area (Å²) in [5, 5.41) is 0. The molecule has 0 aromatic carbocycles. The molecule has 21 heavy (non-hydrogen) atoms. The van der Waals surface area contributed by atoms with Crippen molar-refractivity contribution in [3.05, 3.63) is 0 Å². The Bertz CT molecular complexity index is 365. The fourth-order valence-electron chi connectivity index (χ4n) is 1.41. The molecular weight excluding hydrogens is 392 g/mol. The van der Waals surface area contributed by atoms with Crippen molar-refractivity contribution in [1.82, 2.24) is 0 Å². The third-order valence-electron chi connectivity index (χ3n) is 2.50. The van der Waals surface area contributed by atoms with Crippen LogP contribution < -0.4 is 0 Å². The average Bonchev–Trinajstić information content (AvgIpc) is 2.29. The van der Waals surface area contributed by atoms with Gasteiger partial charge in [0.25, 0.3) is 0 Å². The SMILES string of the molecule is CCCCCCS(=O)(=O)[O-].CCCCCCS(=O)(=O)[O-].[Sr+2]. The van der Waals surface area contributed by atoms with E-state index in [0.717, 1.165) is 38.5 Å². The van der Waals surface area contributed by atoms with Gasteiger partial charge in [-0.2, -0.15) is 0 Å². The van der Waals surface area contributed by atoms with Crippen molar-refractivity contribution < 1.29 is 25.9 Å². The van der Waals surface area contributed by atoms with Gasteiger partial charge in [-0.1, -0.05) is 52.4 Å². The molecule has 0 N–H and O–H groups in total. The molecule has 0 atom stereocenters. The monoisotopic (exact) mass is 418 g/mol. The van der Waals surface area contributed by atoms with E-state index in [1.165, 1.54) is 0 Å². The molecule has 9 heteroatoms. The summed E-state index contributed by atoms with van der Waals surface area (Å²) < 4.78 is 60.2. The summed E-state index contributed by atoms with van der Waals surface area (Å²) in [6.45, 7) is 4.07. The molecule has 0 fully saturated rings. The minimum atomic E-state index is -3.95. The fourth-order valence-corrected chi connectivity index (χ4v) is 2.53. The molecule has 0 spiro atoms. The Balaban J connectivity index is -0.000000295. The van der Waals surface area contributed by atoms with E-state index in [9.17, 15) is 25.9 Å². The minimum Gasteiger partial charge on any atom is -0.748 e. The molecule has 0 heterocycles. The van der Waals surface area contributed by atoms with Crippen LogP contribution in [0.4, 0.5) is 0 Å². The zero-order valence-electron chi connectivity index (χ0n) is 13.0. The van der Waals surface area contributed by atoms with Crippen LogP contribution >= 0.6 is 0 Å². The summed E-state index contributed by atoms with van der Waals surface area (Å²) in [6, 6.07) is 0. The molecule has 124 valence electrons. The Kier molecular flexibility index (Phi) is 20.9. The molecule has 0 saturated carbocycles. The van der Waals surface area contributed by atoms with Gasteiger partial charge < -0.3 is 9.11 Å². The van der Waals surface area contributed by atoms with Crippen LogP contribution in [0.2, 0.25) is 0 Å². The number of hydrogen-bond donors (Lipinski definition) is 0. The van der Waals surface area contributed by atoms with Crippen LogP contribution in [0.1, 0.15) is 65.2 Å². The maximum absolute atomic E-state index is 10.0. The third-order valence-corrected chi connectivity index (χ3v) is 4.07. The molecule has 0 unspecified atom stereocenters. The van der Waals surface area contributed by atoms with Crippen LogP contribution in [-0.2, 0) is 20.2 Å². The van der Waals surface area contributed by atoms with Gasteiger partial charge in [-0.3, -0.25) is 0 Å². The molecule has 0 amide bonds. The molecule has 0 saturated heterocycles. The standard InChI is InChI=1S/2C6H14O3S.Sr/c2*1-2-3-4-5-6-10(7,8)9;/h2*2-6H2,1H3,(H,7,8,9);/q;;+2/p-2. The Hall–Kier alpha value is 1.30. The molecule has 0 bridgehead atoms. The van der Waals surface area contributed by atoms with Gasteiger partial charge in [0, 0.05) is 11.5 Å². The Labute approximate surface area is 166 Å².